The third-order valence-electron chi connectivity index (χ3n) is 1.60. The third kappa shape index (κ3) is 8.21. The molecule has 0 aliphatic heterocycles. The smallest absolute Gasteiger partial charge is 0.0129 e. The maximum absolute atomic E-state index is 3.50. The van der Waals surface area contributed by atoms with E-state index in [4.69, 9.17) is 0 Å². The molecule has 0 bridgehead atoms. The molecule has 0 aliphatic rings. The molecule has 0 saturated heterocycles. The topological polar surface area (TPSA) is 12.0 Å². The molecule has 1 atom stereocenters. The van der Waals surface area contributed by atoms with Crippen LogP contribution in [0.4, 0.5) is 0 Å². The van der Waals surface area contributed by atoms with Crippen LogP contribution in [0.15, 0.2) is 0 Å². The van der Waals surface area contributed by atoms with Crippen LogP contribution in [-0.2, 0) is 0 Å². The molecule has 0 heterocycles. The van der Waals surface area contributed by atoms with Gasteiger partial charge in [-0.15, -0.1) is 0 Å². The molecule has 0 aromatic heterocycles. The molecule has 0 aromatic carbocycles. The lowest BCUT2D eigenvalue weighted by Crippen LogP contribution is -2.29. The third-order valence-corrected chi connectivity index (χ3v) is 2.74. The molecule has 68 valence electrons. The average molecular weight is 175 g/mol. The zero-order valence-corrected chi connectivity index (χ0v) is 8.84. The van der Waals surface area contributed by atoms with Crippen LogP contribution in [0.3, 0.4) is 0 Å². The number of thioether (sulfide) groups is 1. The van der Waals surface area contributed by atoms with Crippen molar-refractivity contribution >= 4 is 11.8 Å². The highest BCUT2D eigenvalue weighted by atomic mass is 32.2. The van der Waals surface area contributed by atoms with Crippen LogP contribution in [0.5, 0.6) is 0 Å². The molecule has 0 aromatic rings. The molecule has 1 nitrogen and oxygen atoms in total. The summed E-state index contributed by atoms with van der Waals surface area (Å²) in [6, 6.07) is 0.687. The Morgan fingerprint density at radius 2 is 2.09 bits per heavy atom. The van der Waals surface area contributed by atoms with Gasteiger partial charge in [-0.25, -0.2) is 0 Å². The number of unbranched alkanes of at least 4 members (excludes halogenated alkanes) is 1. The predicted octanol–water partition coefficient (Wildman–Crippen LogP) is 2.52. The molecule has 1 N–H and O–H groups in total. The lowest BCUT2D eigenvalue weighted by atomic mass is 10.3. The van der Waals surface area contributed by atoms with Crippen LogP contribution in [0, 0.1) is 0 Å². The summed E-state index contributed by atoms with van der Waals surface area (Å²) in [5.74, 6) is 2.49. The fourth-order valence-electron chi connectivity index (χ4n) is 0.879. The van der Waals surface area contributed by atoms with Gasteiger partial charge in [-0.1, -0.05) is 20.3 Å². The van der Waals surface area contributed by atoms with Gasteiger partial charge >= 0.3 is 0 Å². The van der Waals surface area contributed by atoms with Crippen molar-refractivity contribution in [2.45, 2.75) is 39.7 Å². The number of hydrogen-bond donors (Lipinski definition) is 1. The van der Waals surface area contributed by atoms with Gasteiger partial charge in [-0.3, -0.25) is 0 Å². The minimum Gasteiger partial charge on any atom is -0.313 e. The maximum atomic E-state index is 3.50. The van der Waals surface area contributed by atoms with E-state index in [2.05, 4.69) is 26.1 Å². The van der Waals surface area contributed by atoms with E-state index in [1.165, 1.54) is 30.9 Å². The largest absolute Gasteiger partial charge is 0.313 e. The van der Waals surface area contributed by atoms with Crippen LogP contribution in [0.25, 0.3) is 0 Å². The Bertz CT molecular complexity index is 76.0. The zero-order valence-electron chi connectivity index (χ0n) is 8.02. The van der Waals surface area contributed by atoms with Crippen molar-refractivity contribution in [3.05, 3.63) is 0 Å². The maximum Gasteiger partial charge on any atom is 0.0129 e. The Labute approximate surface area is 75.3 Å². The van der Waals surface area contributed by atoms with E-state index in [0.29, 0.717) is 6.04 Å². The molecular weight excluding hydrogens is 154 g/mol. The van der Waals surface area contributed by atoms with Gasteiger partial charge in [-0.05, 0) is 25.6 Å². The van der Waals surface area contributed by atoms with Gasteiger partial charge in [0.2, 0.25) is 0 Å². The number of nitrogens with one attached hydrogen (secondary N) is 1. The quantitative estimate of drug-likeness (QED) is 0.597. The first kappa shape index (κ1) is 11.3. The highest BCUT2D eigenvalue weighted by Crippen LogP contribution is 2.00. The molecule has 0 amide bonds. The molecule has 2 heteroatoms. The lowest BCUT2D eigenvalue weighted by Gasteiger charge is -2.11. The summed E-state index contributed by atoms with van der Waals surface area (Å²) >= 11 is 2.01. The minimum absolute atomic E-state index is 0.687. The summed E-state index contributed by atoms with van der Waals surface area (Å²) in [5.41, 5.74) is 0. The van der Waals surface area contributed by atoms with Gasteiger partial charge in [0.05, 0.1) is 0 Å². The number of hydrogen-bond acceptors (Lipinski definition) is 2. The fourth-order valence-corrected chi connectivity index (χ4v) is 1.59. The molecule has 0 radical (unpaired) electrons. The summed E-state index contributed by atoms with van der Waals surface area (Å²) in [7, 11) is 0. The first-order chi connectivity index (χ1) is 5.31. The van der Waals surface area contributed by atoms with E-state index in [1.807, 2.05) is 11.8 Å². The van der Waals surface area contributed by atoms with Crippen LogP contribution >= 0.6 is 11.8 Å². The van der Waals surface area contributed by atoms with Crippen molar-refractivity contribution in [1.29, 1.82) is 0 Å². The van der Waals surface area contributed by atoms with Crippen molar-refractivity contribution in [2.24, 2.45) is 0 Å². The van der Waals surface area contributed by atoms with Gasteiger partial charge in [0.15, 0.2) is 0 Å². The van der Waals surface area contributed by atoms with E-state index in [1.54, 1.807) is 0 Å². The van der Waals surface area contributed by atoms with Gasteiger partial charge in [0, 0.05) is 11.8 Å². The van der Waals surface area contributed by atoms with Crippen LogP contribution < -0.4 is 5.32 Å². The first-order valence-corrected chi connectivity index (χ1v) is 5.77. The van der Waals surface area contributed by atoms with Crippen molar-refractivity contribution in [1.82, 2.24) is 5.32 Å². The molecule has 0 saturated carbocycles. The zero-order chi connectivity index (χ0) is 8.53. The Morgan fingerprint density at radius 3 is 2.64 bits per heavy atom. The van der Waals surface area contributed by atoms with Crippen molar-refractivity contribution in [3.63, 3.8) is 0 Å². The second-order valence-electron chi connectivity index (χ2n) is 2.87. The Hall–Kier alpha value is 0.310. The molecule has 0 spiro atoms. The van der Waals surface area contributed by atoms with Crippen molar-refractivity contribution in [2.75, 3.05) is 18.1 Å². The predicted molar refractivity (Wildman–Crippen MR) is 55.4 cm³/mol. The van der Waals surface area contributed by atoms with Gasteiger partial charge in [0.1, 0.15) is 0 Å². The van der Waals surface area contributed by atoms with E-state index < -0.39 is 0 Å². The summed E-state index contributed by atoms with van der Waals surface area (Å²) in [6.45, 7) is 7.89. The highest BCUT2D eigenvalue weighted by Gasteiger charge is 1.98. The Kier molecular flexibility index (Phi) is 8.64. The Morgan fingerprint density at radius 1 is 1.36 bits per heavy atom. The summed E-state index contributed by atoms with van der Waals surface area (Å²) < 4.78 is 0. The lowest BCUT2D eigenvalue weighted by molar-refractivity contribution is 0.572. The molecule has 0 fully saturated rings. The van der Waals surface area contributed by atoms with E-state index in [0.717, 1.165) is 0 Å². The second kappa shape index (κ2) is 8.41. The van der Waals surface area contributed by atoms with Crippen LogP contribution in [0.1, 0.15) is 33.6 Å². The molecule has 0 aliphatic carbocycles. The monoisotopic (exact) mass is 175 g/mol. The molecule has 0 rings (SSSR count). The molecule has 11 heavy (non-hydrogen) atoms. The fraction of sp³-hybridized carbons (Fsp3) is 1.00. The SMILES string of the molecule is CCCCNC(C)CSCC. The van der Waals surface area contributed by atoms with E-state index in [-0.39, 0.29) is 0 Å². The minimum atomic E-state index is 0.687. The average Bonchev–Trinajstić information content (AvgIpc) is 2.01. The van der Waals surface area contributed by atoms with Crippen molar-refractivity contribution < 1.29 is 0 Å². The van der Waals surface area contributed by atoms with E-state index in [9.17, 15) is 0 Å². The van der Waals surface area contributed by atoms with Gasteiger partial charge < -0.3 is 5.32 Å². The first-order valence-electron chi connectivity index (χ1n) is 4.62. The van der Waals surface area contributed by atoms with Gasteiger partial charge in [-0.2, -0.15) is 11.8 Å². The van der Waals surface area contributed by atoms with Crippen LogP contribution in [0.2, 0.25) is 0 Å². The summed E-state index contributed by atoms with van der Waals surface area (Å²) in [4.78, 5) is 0. The van der Waals surface area contributed by atoms with Gasteiger partial charge in [0.25, 0.3) is 0 Å². The molecular formula is C9H21NS. The normalized spacial score (nSPS) is 13.4. The number of rotatable bonds is 7. The summed E-state index contributed by atoms with van der Waals surface area (Å²) in [6.07, 6.45) is 2.60. The van der Waals surface area contributed by atoms with E-state index >= 15 is 0 Å². The standard InChI is InChI=1S/C9H21NS/c1-4-6-7-10-9(3)8-11-5-2/h9-10H,4-8H2,1-3H3. The summed E-state index contributed by atoms with van der Waals surface area (Å²) in [5, 5.41) is 3.50. The second-order valence-corrected chi connectivity index (χ2v) is 4.19. The van der Waals surface area contributed by atoms with Crippen LogP contribution in [-0.4, -0.2) is 24.1 Å². The Balaban J connectivity index is 3.02. The highest BCUT2D eigenvalue weighted by molar-refractivity contribution is 7.99. The van der Waals surface area contributed by atoms with Crippen molar-refractivity contribution in [3.8, 4) is 0 Å². The molecule has 1 unspecified atom stereocenters.